The molecule has 1 aliphatic heterocycles. The number of anilines is 2. The van der Waals surface area contributed by atoms with Crippen LogP contribution < -0.4 is 20.1 Å². The summed E-state index contributed by atoms with van der Waals surface area (Å²) in [6, 6.07) is 9.70. The van der Waals surface area contributed by atoms with Gasteiger partial charge < -0.3 is 20.1 Å². The monoisotopic (exact) mass is 394 g/mol. The van der Waals surface area contributed by atoms with Crippen molar-refractivity contribution in [3.63, 3.8) is 0 Å². The second-order valence-corrected chi connectivity index (χ2v) is 7.07. The first-order chi connectivity index (χ1) is 12.3. The molecule has 0 spiro atoms. The van der Waals surface area contributed by atoms with E-state index >= 15 is 0 Å². The van der Waals surface area contributed by atoms with Crippen LogP contribution in [0, 0.1) is 5.41 Å². The Morgan fingerprint density at radius 3 is 2.38 bits per heavy atom. The number of fused-ring (bicyclic) bond motifs is 1. The Kier molecular flexibility index (Phi) is 4.98. The average molecular weight is 395 g/mol. The van der Waals surface area contributed by atoms with Gasteiger partial charge in [-0.3, -0.25) is 9.59 Å². The van der Waals surface area contributed by atoms with E-state index in [1.807, 2.05) is 0 Å². The fourth-order valence-corrected chi connectivity index (χ4v) is 2.69. The minimum Gasteiger partial charge on any atom is -0.454 e. The Morgan fingerprint density at radius 1 is 0.962 bits per heavy atom. The van der Waals surface area contributed by atoms with Crippen molar-refractivity contribution in [3.8, 4) is 11.5 Å². The highest BCUT2D eigenvalue weighted by Crippen LogP contribution is 2.35. The van der Waals surface area contributed by atoms with Crippen molar-refractivity contribution in [2.75, 3.05) is 17.4 Å². The van der Waals surface area contributed by atoms with Gasteiger partial charge in [0.1, 0.15) is 5.41 Å². The van der Waals surface area contributed by atoms with Crippen molar-refractivity contribution in [3.05, 3.63) is 46.4 Å². The fraction of sp³-hybridized carbons (Fsp3) is 0.222. The number of halogens is 2. The van der Waals surface area contributed by atoms with E-state index < -0.39 is 17.2 Å². The van der Waals surface area contributed by atoms with Gasteiger partial charge in [-0.05, 0) is 44.2 Å². The van der Waals surface area contributed by atoms with Crippen LogP contribution in [0.25, 0.3) is 0 Å². The third-order valence-corrected chi connectivity index (χ3v) is 4.49. The van der Waals surface area contributed by atoms with Gasteiger partial charge in [0.15, 0.2) is 11.5 Å². The summed E-state index contributed by atoms with van der Waals surface area (Å²) in [5, 5.41) is 6.11. The van der Waals surface area contributed by atoms with E-state index in [1.54, 1.807) is 30.3 Å². The molecule has 0 atom stereocenters. The van der Waals surface area contributed by atoms with E-state index in [0.29, 0.717) is 27.9 Å². The fourth-order valence-electron chi connectivity index (χ4n) is 2.23. The molecule has 26 heavy (non-hydrogen) atoms. The van der Waals surface area contributed by atoms with Crippen molar-refractivity contribution in [1.29, 1.82) is 0 Å². The summed E-state index contributed by atoms with van der Waals surface area (Å²) in [6.07, 6.45) is 0. The van der Waals surface area contributed by atoms with Crippen molar-refractivity contribution in [2.24, 2.45) is 5.41 Å². The van der Waals surface area contributed by atoms with Crippen molar-refractivity contribution in [1.82, 2.24) is 0 Å². The number of hydrogen-bond acceptors (Lipinski definition) is 4. The standard InChI is InChI=1S/C18H16Cl2N2O4/c1-18(2,17(24)22-13-5-3-10(19)7-12(13)20)16(23)21-11-4-6-14-15(8-11)26-9-25-14/h3-8H,9H2,1-2H3,(H,21,23)(H,22,24). The summed E-state index contributed by atoms with van der Waals surface area (Å²) in [5.74, 6) is 0.175. The Hall–Kier alpha value is -2.44. The zero-order valence-corrected chi connectivity index (χ0v) is 15.6. The molecule has 0 radical (unpaired) electrons. The summed E-state index contributed by atoms with van der Waals surface area (Å²) < 4.78 is 10.5. The molecular weight excluding hydrogens is 379 g/mol. The first-order valence-corrected chi connectivity index (χ1v) is 8.50. The number of ether oxygens (including phenoxy) is 2. The van der Waals surface area contributed by atoms with Crippen LogP contribution >= 0.6 is 23.2 Å². The maximum atomic E-state index is 12.6. The van der Waals surface area contributed by atoms with E-state index in [-0.39, 0.29) is 11.8 Å². The van der Waals surface area contributed by atoms with Gasteiger partial charge in [0.25, 0.3) is 0 Å². The van der Waals surface area contributed by atoms with Crippen LogP contribution in [-0.4, -0.2) is 18.6 Å². The summed E-state index contributed by atoms with van der Waals surface area (Å²) in [6.45, 7) is 3.19. The molecule has 2 aromatic carbocycles. The number of rotatable bonds is 4. The maximum Gasteiger partial charge on any atom is 0.239 e. The first kappa shape index (κ1) is 18.4. The van der Waals surface area contributed by atoms with Gasteiger partial charge in [-0.25, -0.2) is 0 Å². The lowest BCUT2D eigenvalue weighted by Gasteiger charge is -2.23. The number of carbonyl (C=O) groups excluding carboxylic acids is 2. The van der Waals surface area contributed by atoms with Crippen LogP contribution in [-0.2, 0) is 9.59 Å². The molecule has 0 aliphatic carbocycles. The van der Waals surface area contributed by atoms with Gasteiger partial charge in [-0.1, -0.05) is 23.2 Å². The summed E-state index contributed by atoms with van der Waals surface area (Å²) in [4.78, 5) is 25.2. The molecule has 0 saturated carbocycles. The maximum absolute atomic E-state index is 12.6. The number of benzene rings is 2. The molecule has 0 fully saturated rings. The molecule has 0 aromatic heterocycles. The van der Waals surface area contributed by atoms with Gasteiger partial charge in [0.05, 0.1) is 10.7 Å². The third kappa shape index (κ3) is 3.71. The largest absolute Gasteiger partial charge is 0.454 e. The van der Waals surface area contributed by atoms with Crippen LogP contribution in [0.4, 0.5) is 11.4 Å². The molecule has 2 aromatic rings. The lowest BCUT2D eigenvalue weighted by molar-refractivity contribution is -0.135. The summed E-state index contributed by atoms with van der Waals surface area (Å²) in [5.41, 5.74) is -0.464. The predicted octanol–water partition coefficient (Wildman–Crippen LogP) is 4.33. The summed E-state index contributed by atoms with van der Waals surface area (Å²) >= 11 is 11.9. The van der Waals surface area contributed by atoms with Crippen molar-refractivity contribution >= 4 is 46.4 Å². The van der Waals surface area contributed by atoms with Crippen LogP contribution in [0.5, 0.6) is 11.5 Å². The van der Waals surface area contributed by atoms with Gasteiger partial charge in [-0.2, -0.15) is 0 Å². The van der Waals surface area contributed by atoms with Crippen molar-refractivity contribution < 1.29 is 19.1 Å². The molecule has 1 heterocycles. The second-order valence-electron chi connectivity index (χ2n) is 6.23. The first-order valence-electron chi connectivity index (χ1n) is 7.75. The van der Waals surface area contributed by atoms with E-state index in [1.165, 1.54) is 19.9 Å². The number of amides is 2. The van der Waals surface area contributed by atoms with E-state index in [2.05, 4.69) is 10.6 Å². The minimum absolute atomic E-state index is 0.141. The Bertz CT molecular complexity index is 883. The highest BCUT2D eigenvalue weighted by atomic mass is 35.5. The molecule has 2 amide bonds. The molecule has 0 saturated heterocycles. The van der Waals surface area contributed by atoms with E-state index in [0.717, 1.165) is 0 Å². The van der Waals surface area contributed by atoms with Crippen molar-refractivity contribution in [2.45, 2.75) is 13.8 Å². The number of hydrogen-bond donors (Lipinski definition) is 2. The smallest absolute Gasteiger partial charge is 0.239 e. The molecule has 6 nitrogen and oxygen atoms in total. The van der Waals surface area contributed by atoms with Crippen LogP contribution in [0.3, 0.4) is 0 Å². The lowest BCUT2D eigenvalue weighted by Crippen LogP contribution is -2.41. The van der Waals surface area contributed by atoms with Gasteiger partial charge in [0, 0.05) is 16.8 Å². The quantitative estimate of drug-likeness (QED) is 0.756. The minimum atomic E-state index is -1.35. The molecule has 0 bridgehead atoms. The van der Waals surface area contributed by atoms with Gasteiger partial charge in [0.2, 0.25) is 18.6 Å². The molecule has 2 N–H and O–H groups in total. The Balaban J connectivity index is 1.71. The van der Waals surface area contributed by atoms with Gasteiger partial charge >= 0.3 is 0 Å². The van der Waals surface area contributed by atoms with E-state index in [4.69, 9.17) is 32.7 Å². The van der Waals surface area contributed by atoms with E-state index in [9.17, 15) is 9.59 Å². The van der Waals surface area contributed by atoms with Crippen LogP contribution in [0.2, 0.25) is 10.0 Å². The Morgan fingerprint density at radius 2 is 1.65 bits per heavy atom. The zero-order valence-electron chi connectivity index (χ0n) is 14.1. The Labute approximate surface area is 160 Å². The molecule has 1 aliphatic rings. The van der Waals surface area contributed by atoms with Crippen LogP contribution in [0.15, 0.2) is 36.4 Å². The average Bonchev–Trinajstić information content (AvgIpc) is 3.04. The molecule has 3 rings (SSSR count). The highest BCUT2D eigenvalue weighted by Gasteiger charge is 2.36. The normalized spacial score (nSPS) is 12.6. The number of carbonyl (C=O) groups is 2. The molecule has 0 unspecified atom stereocenters. The van der Waals surface area contributed by atoms with Gasteiger partial charge in [-0.15, -0.1) is 0 Å². The lowest BCUT2D eigenvalue weighted by atomic mass is 9.90. The molecular formula is C18H16Cl2N2O4. The SMILES string of the molecule is CC(C)(C(=O)Nc1ccc2c(c1)OCO2)C(=O)Nc1ccc(Cl)cc1Cl. The molecule has 136 valence electrons. The third-order valence-electron chi connectivity index (χ3n) is 3.95. The predicted molar refractivity (Wildman–Crippen MR) is 100 cm³/mol. The number of nitrogens with one attached hydrogen (secondary N) is 2. The summed E-state index contributed by atoms with van der Waals surface area (Å²) in [7, 11) is 0. The van der Waals surface area contributed by atoms with Crippen LogP contribution in [0.1, 0.15) is 13.8 Å². The molecule has 8 heteroatoms. The zero-order chi connectivity index (χ0) is 18.9. The second kappa shape index (κ2) is 7.05. The highest BCUT2D eigenvalue weighted by molar-refractivity contribution is 6.36. The topological polar surface area (TPSA) is 76.7 Å².